The zero-order valence-electron chi connectivity index (χ0n) is 39.9. The summed E-state index contributed by atoms with van der Waals surface area (Å²) in [5.41, 5.74) is 5.51. The average Bonchev–Trinajstić information content (AvgIpc) is 3.60. The molecule has 7 rings (SSSR count). The van der Waals surface area contributed by atoms with Crippen molar-refractivity contribution in [3.8, 4) is 0 Å². The number of hydrogen-bond donors (Lipinski definition) is 0. The first kappa shape index (κ1) is 44.9. The lowest BCUT2D eigenvalue weighted by molar-refractivity contribution is -0.711. The Morgan fingerprint density at radius 1 is 0.800 bits per heavy atom. The van der Waals surface area contributed by atoms with Crippen LogP contribution in [0.1, 0.15) is 151 Å². The first-order valence-corrected chi connectivity index (χ1v) is 24.1. The lowest BCUT2D eigenvalue weighted by Gasteiger charge is -2.73. The second-order valence-corrected chi connectivity index (χ2v) is 22.5. The van der Waals surface area contributed by atoms with Gasteiger partial charge in [-0.1, -0.05) is 72.3 Å². The standard InChI is InChI=1S/C53H82N3O4/c1-14-39(36-16-18-37(19-17-36)54(10)11)47(57)59-34-53-29-22-40(35(3)4)46(53)41-20-21-44-50(7)27-24-45(49(5,6)43(50)23-28-52(44,9)51(41,8)30-31-53)60-48(58)42(15-2)56-32-25-38(26-33-56)55(12)13/h16,18,25-26,32-33,39-46H,3,14-15,17,19-24,27-31,34H2,1-2,4-13H3/q+1/t39?,40-,41?,42?,43?,44?,45-,46?,50-,51+,52+,53+/m0/s1. The van der Waals surface area contributed by atoms with E-state index in [9.17, 15) is 9.59 Å². The van der Waals surface area contributed by atoms with E-state index in [1.807, 2.05) is 31.1 Å². The molecule has 0 radical (unpaired) electrons. The van der Waals surface area contributed by atoms with Gasteiger partial charge in [0.1, 0.15) is 6.10 Å². The molecule has 1 heterocycles. The maximum absolute atomic E-state index is 14.0. The average molecular weight is 825 g/mol. The van der Waals surface area contributed by atoms with Gasteiger partial charge in [-0.15, -0.1) is 0 Å². The second kappa shape index (κ2) is 16.6. The summed E-state index contributed by atoms with van der Waals surface area (Å²) in [7, 11) is 8.27. The van der Waals surface area contributed by atoms with E-state index >= 15 is 0 Å². The van der Waals surface area contributed by atoms with Gasteiger partial charge in [0.2, 0.25) is 0 Å². The van der Waals surface area contributed by atoms with Crippen molar-refractivity contribution in [1.29, 1.82) is 0 Å². The Bertz CT molecular complexity index is 1850. The Morgan fingerprint density at radius 3 is 2.12 bits per heavy atom. The molecule has 1 aromatic heterocycles. The summed E-state index contributed by atoms with van der Waals surface area (Å²) in [6, 6.07) is 3.82. The number of nitrogens with zero attached hydrogens (tertiary/aromatic N) is 3. The van der Waals surface area contributed by atoms with Crippen LogP contribution < -0.4 is 9.47 Å². The third-order valence-electron chi connectivity index (χ3n) is 19.2. The predicted octanol–water partition coefficient (Wildman–Crippen LogP) is 11.3. The molecule has 12 atom stereocenters. The maximum Gasteiger partial charge on any atom is 0.376 e. The van der Waals surface area contributed by atoms with Gasteiger partial charge < -0.3 is 19.3 Å². The van der Waals surface area contributed by atoms with Crippen LogP contribution in [-0.4, -0.2) is 57.7 Å². The number of fused-ring (bicyclic) bond motifs is 7. The van der Waals surface area contributed by atoms with E-state index in [1.54, 1.807) is 0 Å². The molecular weight excluding hydrogens is 743 g/mol. The van der Waals surface area contributed by atoms with Crippen molar-refractivity contribution in [3.63, 3.8) is 0 Å². The Kier molecular flexibility index (Phi) is 12.4. The molecule has 7 nitrogen and oxygen atoms in total. The monoisotopic (exact) mass is 825 g/mol. The molecule has 0 aromatic carbocycles. The lowest BCUT2D eigenvalue weighted by atomic mass is 9.32. The molecule has 60 heavy (non-hydrogen) atoms. The van der Waals surface area contributed by atoms with E-state index in [0.717, 1.165) is 57.1 Å². The van der Waals surface area contributed by atoms with Gasteiger partial charge in [0.15, 0.2) is 12.4 Å². The number of rotatable bonds is 12. The normalized spacial score (nSPS) is 37.7. The molecule has 6 unspecified atom stereocenters. The smallest absolute Gasteiger partial charge is 0.376 e. The van der Waals surface area contributed by atoms with Crippen molar-refractivity contribution in [3.05, 3.63) is 60.1 Å². The molecule has 0 spiro atoms. The summed E-state index contributed by atoms with van der Waals surface area (Å²) >= 11 is 0. The van der Waals surface area contributed by atoms with Crippen molar-refractivity contribution < 1.29 is 23.6 Å². The molecule has 0 N–H and O–H groups in total. The summed E-state index contributed by atoms with van der Waals surface area (Å²) in [6.07, 6.45) is 23.3. The van der Waals surface area contributed by atoms with Crippen LogP contribution in [0.4, 0.5) is 5.69 Å². The highest BCUT2D eigenvalue weighted by Crippen LogP contribution is 2.77. The van der Waals surface area contributed by atoms with Crippen molar-refractivity contribution in [1.82, 2.24) is 4.90 Å². The number of carbonyl (C=O) groups is 2. The van der Waals surface area contributed by atoms with Gasteiger partial charge in [-0.05, 0) is 142 Å². The van der Waals surface area contributed by atoms with Gasteiger partial charge in [-0.3, -0.25) is 4.79 Å². The topological polar surface area (TPSA) is 63.0 Å². The summed E-state index contributed by atoms with van der Waals surface area (Å²) in [4.78, 5) is 32.3. The number of pyridine rings is 1. The first-order valence-electron chi connectivity index (χ1n) is 24.1. The van der Waals surface area contributed by atoms with Crippen LogP contribution in [-0.2, 0) is 19.1 Å². The van der Waals surface area contributed by atoms with Crippen LogP contribution in [0.25, 0.3) is 0 Å². The summed E-state index contributed by atoms with van der Waals surface area (Å²) < 4.78 is 15.2. The van der Waals surface area contributed by atoms with E-state index in [4.69, 9.17) is 9.47 Å². The number of allylic oxidation sites excluding steroid dienone is 4. The fraction of sp³-hybridized carbons (Fsp3) is 0.755. The van der Waals surface area contributed by atoms with Crippen LogP contribution >= 0.6 is 0 Å². The Labute approximate surface area is 364 Å². The molecule has 0 saturated heterocycles. The quantitative estimate of drug-likeness (QED) is 0.119. The fourth-order valence-corrected chi connectivity index (χ4v) is 15.6. The highest BCUT2D eigenvalue weighted by molar-refractivity contribution is 5.76. The molecule has 0 amide bonds. The van der Waals surface area contributed by atoms with Gasteiger partial charge in [-0.25, -0.2) is 4.79 Å². The Hall–Kier alpha value is -3.09. The third kappa shape index (κ3) is 7.29. The van der Waals surface area contributed by atoms with Crippen LogP contribution in [0.15, 0.2) is 60.1 Å². The fourth-order valence-electron chi connectivity index (χ4n) is 15.6. The summed E-state index contributed by atoms with van der Waals surface area (Å²) in [6.45, 7) is 24.5. The number of esters is 2. The molecule has 0 aliphatic heterocycles. The molecular formula is C53H82N3O4+. The minimum absolute atomic E-state index is 0.0147. The van der Waals surface area contributed by atoms with E-state index in [-0.39, 0.29) is 57.1 Å². The van der Waals surface area contributed by atoms with Crippen LogP contribution in [0.2, 0.25) is 0 Å². The van der Waals surface area contributed by atoms with E-state index < -0.39 is 0 Å². The van der Waals surface area contributed by atoms with Gasteiger partial charge in [-0.2, -0.15) is 4.57 Å². The van der Waals surface area contributed by atoms with Crippen molar-refractivity contribution in [2.75, 3.05) is 39.7 Å². The van der Waals surface area contributed by atoms with Crippen LogP contribution in [0, 0.1) is 62.6 Å². The molecule has 1 aromatic rings. The molecule has 0 bridgehead atoms. The molecule has 332 valence electrons. The SMILES string of the molecule is C=C(C)[C@@H]1CC[C@]2(COC(=O)C(CC)C3=CC=C(N(C)C)CC3)CC[C@]3(C)C(CCC4[C@@]5(C)CC[C@H](OC(=O)C(CC)[n+]6ccc(N(C)C)cc6)C(C)(C)C5CC[C@]43C)C12. The Balaban J connectivity index is 1.09. The molecule has 6 aliphatic rings. The number of hydrogen-bond acceptors (Lipinski definition) is 6. The van der Waals surface area contributed by atoms with Gasteiger partial charge >= 0.3 is 11.9 Å². The largest absolute Gasteiger partial charge is 0.465 e. The number of aromatic nitrogens is 1. The summed E-state index contributed by atoms with van der Waals surface area (Å²) in [5, 5.41) is 0. The minimum atomic E-state index is -0.327. The van der Waals surface area contributed by atoms with E-state index in [2.05, 4.69) is 110 Å². The predicted molar refractivity (Wildman–Crippen MR) is 243 cm³/mol. The molecule has 5 fully saturated rings. The van der Waals surface area contributed by atoms with Gasteiger partial charge in [0, 0.05) is 69.0 Å². The first-order chi connectivity index (χ1) is 28.3. The van der Waals surface area contributed by atoms with Crippen molar-refractivity contribution in [2.24, 2.45) is 62.6 Å². The van der Waals surface area contributed by atoms with E-state index in [1.165, 1.54) is 48.9 Å². The highest BCUT2D eigenvalue weighted by atomic mass is 16.5. The third-order valence-corrected chi connectivity index (χ3v) is 19.2. The molecule has 6 aliphatic carbocycles. The zero-order valence-corrected chi connectivity index (χ0v) is 39.9. The van der Waals surface area contributed by atoms with Crippen LogP contribution in [0.3, 0.4) is 0 Å². The summed E-state index contributed by atoms with van der Waals surface area (Å²) in [5.74, 6) is 2.43. The Morgan fingerprint density at radius 2 is 1.52 bits per heavy atom. The maximum atomic E-state index is 14.0. The molecule has 5 saturated carbocycles. The van der Waals surface area contributed by atoms with Crippen molar-refractivity contribution in [2.45, 2.75) is 157 Å². The number of anilines is 1. The highest BCUT2D eigenvalue weighted by Gasteiger charge is 2.71. The van der Waals surface area contributed by atoms with Crippen LogP contribution in [0.5, 0.6) is 0 Å². The molecule has 7 heteroatoms. The second-order valence-electron chi connectivity index (χ2n) is 22.5. The van der Waals surface area contributed by atoms with Gasteiger partial charge in [0.25, 0.3) is 6.04 Å². The van der Waals surface area contributed by atoms with Gasteiger partial charge in [0.05, 0.1) is 12.5 Å². The number of carbonyl (C=O) groups excluding carboxylic acids is 2. The van der Waals surface area contributed by atoms with E-state index in [0.29, 0.717) is 42.6 Å². The zero-order chi connectivity index (χ0) is 43.6. The number of ether oxygens (including phenoxy) is 2. The lowest BCUT2D eigenvalue weighted by Crippen LogP contribution is -2.67. The minimum Gasteiger partial charge on any atom is -0.465 e. The van der Waals surface area contributed by atoms with Crippen molar-refractivity contribution >= 4 is 17.6 Å².